The maximum atomic E-state index is 13.9. The third kappa shape index (κ3) is 5.31. The van der Waals surface area contributed by atoms with Gasteiger partial charge in [-0.2, -0.15) is 0 Å². The molecule has 30 heavy (non-hydrogen) atoms. The van der Waals surface area contributed by atoms with Gasteiger partial charge in [0.1, 0.15) is 0 Å². The molecule has 0 aliphatic carbocycles. The topological polar surface area (TPSA) is 69.0 Å². The number of ether oxygens (including phenoxy) is 1. The van der Waals surface area contributed by atoms with Gasteiger partial charge in [0.25, 0.3) is 0 Å². The van der Waals surface area contributed by atoms with Gasteiger partial charge >= 0.3 is 0 Å². The first-order chi connectivity index (χ1) is 14.4. The summed E-state index contributed by atoms with van der Waals surface area (Å²) in [5.41, 5.74) is 0.558. The minimum atomic E-state index is -0.525. The number of amides is 1. The van der Waals surface area contributed by atoms with Gasteiger partial charge in [0.2, 0.25) is 5.91 Å². The summed E-state index contributed by atoms with van der Waals surface area (Å²) in [6.45, 7) is 5.75. The fourth-order valence-electron chi connectivity index (χ4n) is 2.81. The van der Waals surface area contributed by atoms with Crippen LogP contribution in [-0.4, -0.2) is 26.4 Å². The van der Waals surface area contributed by atoms with E-state index in [1.165, 1.54) is 17.8 Å². The summed E-state index contributed by atoms with van der Waals surface area (Å²) in [6, 6.07) is 13.3. The number of benzene rings is 2. The smallest absolute Gasteiger partial charge is 0.234 e. The summed E-state index contributed by atoms with van der Waals surface area (Å²) in [7, 11) is 0. The molecule has 6 nitrogen and oxygen atoms in total. The van der Waals surface area contributed by atoms with Crippen LogP contribution in [0.15, 0.2) is 53.7 Å². The zero-order valence-electron chi connectivity index (χ0n) is 16.8. The molecule has 1 N–H and O–H groups in total. The van der Waals surface area contributed by atoms with Crippen molar-refractivity contribution in [2.75, 3.05) is 11.1 Å². The van der Waals surface area contributed by atoms with Gasteiger partial charge in [0.15, 0.2) is 28.7 Å². The van der Waals surface area contributed by atoms with E-state index in [1.807, 2.05) is 18.4 Å². The standard InChI is InChI=1S/C21H22ClFN4O2S/c1-13(2)27-20(14(3)29-18-11-7-5-9-16(18)23)25-26-21(27)30-12-19(28)24-17-10-6-4-8-15(17)22/h4-11,13-14H,12H2,1-3H3,(H,24,28). The molecule has 1 heterocycles. The molecule has 1 amide bonds. The highest BCUT2D eigenvalue weighted by Gasteiger charge is 2.23. The van der Waals surface area contributed by atoms with Crippen molar-refractivity contribution < 1.29 is 13.9 Å². The van der Waals surface area contributed by atoms with Gasteiger partial charge in [0.05, 0.1) is 16.5 Å². The first-order valence-corrected chi connectivity index (χ1v) is 10.8. The highest BCUT2D eigenvalue weighted by Crippen LogP contribution is 2.29. The maximum absolute atomic E-state index is 13.9. The van der Waals surface area contributed by atoms with E-state index in [0.717, 1.165) is 0 Å². The number of thioether (sulfide) groups is 1. The Balaban J connectivity index is 1.70. The highest BCUT2D eigenvalue weighted by molar-refractivity contribution is 7.99. The van der Waals surface area contributed by atoms with Crippen molar-refractivity contribution in [3.8, 4) is 5.75 Å². The molecule has 0 spiro atoms. The van der Waals surface area contributed by atoms with Gasteiger partial charge in [-0.25, -0.2) is 4.39 Å². The minimum absolute atomic E-state index is 0.0239. The molecule has 1 atom stereocenters. The number of aromatic nitrogens is 3. The fourth-order valence-corrected chi connectivity index (χ4v) is 3.87. The van der Waals surface area contributed by atoms with Crippen LogP contribution in [0.3, 0.4) is 0 Å². The van der Waals surface area contributed by atoms with Crippen molar-refractivity contribution in [3.05, 3.63) is 65.2 Å². The Morgan fingerprint density at radius 2 is 1.87 bits per heavy atom. The normalized spacial score (nSPS) is 12.1. The fraction of sp³-hybridized carbons (Fsp3) is 0.286. The molecule has 0 radical (unpaired) electrons. The van der Waals surface area contributed by atoms with Crippen molar-refractivity contribution in [3.63, 3.8) is 0 Å². The number of hydrogen-bond donors (Lipinski definition) is 1. The van der Waals surface area contributed by atoms with Crippen LogP contribution in [0.1, 0.15) is 38.7 Å². The molecule has 0 bridgehead atoms. The number of halogens is 2. The molecule has 0 saturated heterocycles. The predicted octanol–water partition coefficient (Wildman–Crippen LogP) is 5.52. The largest absolute Gasteiger partial charge is 0.480 e. The van der Waals surface area contributed by atoms with Crippen LogP contribution in [0.2, 0.25) is 5.02 Å². The van der Waals surface area contributed by atoms with E-state index >= 15 is 0 Å². The van der Waals surface area contributed by atoms with Gasteiger partial charge in [-0.3, -0.25) is 4.79 Å². The number of nitrogens with one attached hydrogen (secondary N) is 1. The third-order valence-corrected chi connectivity index (χ3v) is 5.46. The Labute approximate surface area is 183 Å². The molecule has 0 fully saturated rings. The van der Waals surface area contributed by atoms with Crippen molar-refractivity contribution in [2.45, 2.75) is 38.1 Å². The van der Waals surface area contributed by atoms with Crippen LogP contribution >= 0.6 is 23.4 Å². The summed E-state index contributed by atoms with van der Waals surface area (Å²) < 4.78 is 21.6. The third-order valence-electron chi connectivity index (χ3n) is 4.19. The van der Waals surface area contributed by atoms with E-state index in [1.54, 1.807) is 49.4 Å². The van der Waals surface area contributed by atoms with Gasteiger partial charge in [-0.15, -0.1) is 10.2 Å². The van der Waals surface area contributed by atoms with Crippen molar-refractivity contribution in [1.29, 1.82) is 0 Å². The van der Waals surface area contributed by atoms with Gasteiger partial charge in [-0.1, -0.05) is 47.6 Å². The first kappa shape index (κ1) is 22.1. The maximum Gasteiger partial charge on any atom is 0.234 e. The SMILES string of the molecule is CC(Oc1ccccc1F)c1nnc(SCC(=O)Nc2ccccc2Cl)n1C(C)C. The second-order valence-electron chi connectivity index (χ2n) is 6.81. The van der Waals surface area contributed by atoms with Crippen molar-refractivity contribution in [1.82, 2.24) is 14.8 Å². The predicted molar refractivity (Wildman–Crippen MR) is 117 cm³/mol. The molecule has 3 rings (SSSR count). The zero-order valence-corrected chi connectivity index (χ0v) is 18.4. The lowest BCUT2D eigenvalue weighted by Gasteiger charge is -2.19. The molecule has 158 valence electrons. The van der Waals surface area contributed by atoms with Crippen molar-refractivity contribution in [2.24, 2.45) is 0 Å². The zero-order chi connectivity index (χ0) is 21.7. The van der Waals surface area contributed by atoms with Crippen LogP contribution in [0.5, 0.6) is 5.75 Å². The van der Waals surface area contributed by atoms with Crippen molar-refractivity contribution >= 4 is 35.0 Å². The Kier molecular flexibility index (Phi) is 7.33. The molecule has 0 saturated carbocycles. The lowest BCUT2D eigenvalue weighted by atomic mass is 10.3. The number of carbonyl (C=O) groups excluding carboxylic acids is 1. The number of anilines is 1. The van der Waals surface area contributed by atoms with E-state index in [4.69, 9.17) is 16.3 Å². The molecular weight excluding hydrogens is 427 g/mol. The Bertz CT molecular complexity index is 1030. The molecule has 1 unspecified atom stereocenters. The molecule has 2 aromatic carbocycles. The monoisotopic (exact) mass is 448 g/mol. The molecule has 0 aliphatic heterocycles. The summed E-state index contributed by atoms with van der Waals surface area (Å²) in [4.78, 5) is 12.3. The van der Waals surface area contributed by atoms with Gasteiger partial charge < -0.3 is 14.6 Å². The number of nitrogens with zero attached hydrogens (tertiary/aromatic N) is 3. The second-order valence-corrected chi connectivity index (χ2v) is 8.16. The molecular formula is C21H22ClFN4O2S. The first-order valence-electron chi connectivity index (χ1n) is 9.40. The van der Waals surface area contributed by atoms with Crippen LogP contribution in [0.25, 0.3) is 0 Å². The van der Waals surface area contributed by atoms with Crippen LogP contribution < -0.4 is 10.1 Å². The minimum Gasteiger partial charge on any atom is -0.480 e. The molecule has 3 aromatic rings. The average molecular weight is 449 g/mol. The van der Waals surface area contributed by atoms with Gasteiger partial charge in [-0.05, 0) is 45.0 Å². The van der Waals surface area contributed by atoms with E-state index in [0.29, 0.717) is 21.7 Å². The van der Waals surface area contributed by atoms with E-state index in [9.17, 15) is 9.18 Å². The number of carbonyl (C=O) groups is 1. The summed E-state index contributed by atoms with van der Waals surface area (Å²) >= 11 is 7.34. The second kappa shape index (κ2) is 9.95. The number of rotatable bonds is 8. The molecule has 0 aliphatic rings. The Morgan fingerprint density at radius 3 is 2.57 bits per heavy atom. The quantitative estimate of drug-likeness (QED) is 0.459. The van der Waals surface area contributed by atoms with Gasteiger partial charge in [0, 0.05) is 6.04 Å². The average Bonchev–Trinajstić information content (AvgIpc) is 3.14. The highest BCUT2D eigenvalue weighted by atomic mass is 35.5. The van der Waals surface area contributed by atoms with E-state index in [-0.39, 0.29) is 23.5 Å². The molecule has 9 heteroatoms. The lowest BCUT2D eigenvalue weighted by Crippen LogP contribution is -2.17. The summed E-state index contributed by atoms with van der Waals surface area (Å²) in [6.07, 6.45) is -0.525. The Hall–Kier alpha value is -2.58. The number of hydrogen-bond acceptors (Lipinski definition) is 5. The summed E-state index contributed by atoms with van der Waals surface area (Å²) in [5, 5.41) is 12.3. The van der Waals surface area contributed by atoms with Crippen LogP contribution in [-0.2, 0) is 4.79 Å². The molecule has 1 aromatic heterocycles. The Morgan fingerprint density at radius 1 is 1.17 bits per heavy atom. The lowest BCUT2D eigenvalue weighted by molar-refractivity contribution is -0.113. The van der Waals surface area contributed by atoms with E-state index < -0.39 is 11.9 Å². The summed E-state index contributed by atoms with van der Waals surface area (Å²) in [5.74, 6) is 0.201. The van der Waals surface area contributed by atoms with Crippen LogP contribution in [0, 0.1) is 5.82 Å². The van der Waals surface area contributed by atoms with Crippen LogP contribution in [0.4, 0.5) is 10.1 Å². The number of para-hydroxylation sites is 2. The van der Waals surface area contributed by atoms with E-state index in [2.05, 4.69) is 15.5 Å².